The molecule has 3 aliphatic carbocycles. The standard InChI is InChI=1S/C64H84O4/c1-8-13-22-47-27-21-28-52(40-47)54-35-45(6)37-58(56-43-48(23-14-9-2)29-31-60(56)65)62(54)67-64(33-19-18-20-34-64)68-63-55(53-41-50(25-16-11-4)39-51(42-53)26-17-12-5)36-46(7)38-59(63)57-44-49(24-15-10-3)30-32-61(57)66/h27,29-32,35-41,43-44,51,65-66H,8-26,28,33-34,42H2,1-7H3/t51-/m1/s1. The number of rotatable bonds is 23. The van der Waals surface area contributed by atoms with Gasteiger partial charge in [-0.15, -0.1) is 0 Å². The monoisotopic (exact) mass is 917 g/mol. The highest BCUT2D eigenvalue weighted by molar-refractivity contribution is 5.87. The van der Waals surface area contributed by atoms with Gasteiger partial charge in [0.1, 0.15) is 23.0 Å². The second-order valence-electron chi connectivity index (χ2n) is 20.7. The average Bonchev–Trinajstić information content (AvgIpc) is 3.35. The molecule has 4 aromatic carbocycles. The van der Waals surface area contributed by atoms with Gasteiger partial charge in [-0.3, -0.25) is 0 Å². The minimum absolute atomic E-state index is 0.266. The lowest BCUT2D eigenvalue weighted by atomic mass is 9.81. The molecule has 1 saturated carbocycles. The van der Waals surface area contributed by atoms with Gasteiger partial charge in [0.15, 0.2) is 0 Å². The summed E-state index contributed by atoms with van der Waals surface area (Å²) < 4.78 is 15.8. The minimum atomic E-state index is -1.02. The maximum atomic E-state index is 11.9. The Morgan fingerprint density at radius 1 is 0.529 bits per heavy atom. The van der Waals surface area contributed by atoms with E-state index in [4.69, 9.17) is 9.47 Å². The first kappa shape index (κ1) is 50.9. The quantitative estimate of drug-likeness (QED) is 0.0728. The van der Waals surface area contributed by atoms with Crippen molar-refractivity contribution in [1.29, 1.82) is 0 Å². The third-order valence-corrected chi connectivity index (χ3v) is 14.7. The molecule has 0 saturated heterocycles. The molecule has 7 rings (SSSR count). The lowest BCUT2D eigenvalue weighted by Crippen LogP contribution is -2.45. The van der Waals surface area contributed by atoms with E-state index in [1.54, 1.807) is 0 Å². The number of hydrogen-bond donors (Lipinski definition) is 2. The zero-order valence-corrected chi connectivity index (χ0v) is 43.1. The largest absolute Gasteiger partial charge is 0.507 e. The normalized spacial score (nSPS) is 17.0. The van der Waals surface area contributed by atoms with Crippen LogP contribution in [0, 0.1) is 19.8 Å². The van der Waals surface area contributed by atoms with Crippen LogP contribution in [0.2, 0.25) is 0 Å². The molecule has 0 radical (unpaired) electrons. The van der Waals surface area contributed by atoms with Crippen molar-refractivity contribution < 1.29 is 19.7 Å². The van der Waals surface area contributed by atoms with Crippen LogP contribution in [0.3, 0.4) is 0 Å². The molecule has 0 aliphatic heterocycles. The molecule has 1 fully saturated rings. The fourth-order valence-corrected chi connectivity index (χ4v) is 10.9. The molecule has 1 atom stereocenters. The molecule has 0 amide bonds. The fraction of sp³-hybridized carbons (Fsp3) is 0.500. The van der Waals surface area contributed by atoms with Crippen LogP contribution in [-0.2, 0) is 12.8 Å². The Bertz CT molecular complexity index is 2450. The number of benzene rings is 4. The highest BCUT2D eigenvalue weighted by Crippen LogP contribution is 2.51. The van der Waals surface area contributed by atoms with Gasteiger partial charge in [0, 0.05) is 46.2 Å². The molecule has 0 spiro atoms. The summed E-state index contributed by atoms with van der Waals surface area (Å²) in [4.78, 5) is 0. The summed E-state index contributed by atoms with van der Waals surface area (Å²) in [6.45, 7) is 15.7. The first-order valence-corrected chi connectivity index (χ1v) is 27.2. The van der Waals surface area contributed by atoms with Crippen molar-refractivity contribution in [3.8, 4) is 45.3 Å². The predicted octanol–water partition coefficient (Wildman–Crippen LogP) is 18.9. The fourth-order valence-electron chi connectivity index (χ4n) is 10.9. The SMILES string of the molecule is CCCCC1=CCCC(c2cc(C)cc(-c3cc(CCCC)ccc3O)c2OC2(Oc3c(C4=CC(CCCC)=C[C@@H](CCCC)C4)cc(C)cc3-c3cc(CCCC)ccc3O)CCCCC2)=C1. The van der Waals surface area contributed by atoms with Gasteiger partial charge in [0.2, 0.25) is 0 Å². The molecular formula is C64H84O4. The lowest BCUT2D eigenvalue weighted by molar-refractivity contribution is -0.136. The van der Waals surface area contributed by atoms with E-state index < -0.39 is 5.79 Å². The van der Waals surface area contributed by atoms with Crippen LogP contribution >= 0.6 is 0 Å². The summed E-state index contributed by atoms with van der Waals surface area (Å²) in [5.41, 5.74) is 15.8. The molecular weight excluding hydrogens is 833 g/mol. The Morgan fingerprint density at radius 3 is 1.56 bits per heavy atom. The van der Waals surface area contributed by atoms with E-state index in [2.05, 4.69) is 121 Å². The summed E-state index contributed by atoms with van der Waals surface area (Å²) in [5.74, 6) is 1.58. The van der Waals surface area contributed by atoms with Gasteiger partial charge < -0.3 is 19.7 Å². The topological polar surface area (TPSA) is 58.9 Å². The van der Waals surface area contributed by atoms with Crippen LogP contribution in [0.15, 0.2) is 96.1 Å². The van der Waals surface area contributed by atoms with E-state index in [1.807, 2.05) is 12.1 Å². The summed E-state index contributed by atoms with van der Waals surface area (Å²) in [7, 11) is 0. The van der Waals surface area contributed by atoms with E-state index in [-0.39, 0.29) is 11.5 Å². The number of ether oxygens (including phenoxy) is 2. The highest BCUT2D eigenvalue weighted by Gasteiger charge is 2.41. The summed E-state index contributed by atoms with van der Waals surface area (Å²) in [6, 6.07) is 21.5. The Morgan fingerprint density at radius 2 is 1.01 bits per heavy atom. The van der Waals surface area contributed by atoms with Gasteiger partial charge in [-0.25, -0.2) is 0 Å². The van der Waals surface area contributed by atoms with Gasteiger partial charge in [-0.1, -0.05) is 127 Å². The third-order valence-electron chi connectivity index (χ3n) is 14.7. The zero-order chi connectivity index (χ0) is 48.0. The zero-order valence-electron chi connectivity index (χ0n) is 43.1. The van der Waals surface area contributed by atoms with Crippen molar-refractivity contribution in [1.82, 2.24) is 0 Å². The van der Waals surface area contributed by atoms with Crippen LogP contribution in [0.4, 0.5) is 0 Å². The Hall–Kier alpha value is -4.96. The number of allylic oxidation sites excluding steroid dienone is 8. The Balaban J connectivity index is 1.46. The average molecular weight is 917 g/mol. The van der Waals surface area contributed by atoms with E-state index in [9.17, 15) is 10.2 Å². The number of unbranched alkanes of at least 4 members (excludes halogenated alkanes) is 5. The molecule has 2 N–H and O–H groups in total. The second-order valence-corrected chi connectivity index (χ2v) is 20.7. The van der Waals surface area contributed by atoms with Crippen LogP contribution in [-0.4, -0.2) is 16.0 Å². The van der Waals surface area contributed by atoms with Gasteiger partial charge >= 0.3 is 0 Å². The smallest absolute Gasteiger partial charge is 0.251 e. The maximum absolute atomic E-state index is 11.9. The van der Waals surface area contributed by atoms with E-state index in [0.29, 0.717) is 5.92 Å². The van der Waals surface area contributed by atoms with Crippen molar-refractivity contribution in [2.24, 2.45) is 5.92 Å². The summed E-state index contributed by atoms with van der Waals surface area (Å²) in [6.07, 6.45) is 33.9. The molecule has 0 heterocycles. The lowest BCUT2D eigenvalue weighted by Gasteiger charge is -2.40. The van der Waals surface area contributed by atoms with Gasteiger partial charge in [-0.05, 0) is 192 Å². The first-order chi connectivity index (χ1) is 33.1. The molecule has 4 aromatic rings. The molecule has 364 valence electrons. The van der Waals surface area contributed by atoms with Crippen LogP contribution < -0.4 is 9.47 Å². The second kappa shape index (κ2) is 24.5. The van der Waals surface area contributed by atoms with Gasteiger partial charge in [0.05, 0.1) is 0 Å². The molecule has 0 unspecified atom stereocenters. The Kier molecular flexibility index (Phi) is 18.4. The highest BCUT2D eigenvalue weighted by atomic mass is 16.7. The predicted molar refractivity (Wildman–Crippen MR) is 289 cm³/mol. The maximum Gasteiger partial charge on any atom is 0.251 e. The molecule has 3 aliphatic rings. The molecule has 0 bridgehead atoms. The van der Waals surface area contributed by atoms with Crippen molar-refractivity contribution in [2.45, 2.75) is 202 Å². The van der Waals surface area contributed by atoms with Gasteiger partial charge in [-0.2, -0.15) is 0 Å². The minimum Gasteiger partial charge on any atom is -0.507 e. The Labute approximate surface area is 411 Å². The van der Waals surface area contributed by atoms with Crippen LogP contribution in [0.25, 0.3) is 33.4 Å². The molecule has 4 nitrogen and oxygen atoms in total. The summed E-state index contributed by atoms with van der Waals surface area (Å²) in [5, 5.41) is 23.8. The van der Waals surface area contributed by atoms with E-state index in [1.165, 1.54) is 59.1 Å². The number of phenolic OH excluding ortho intramolecular Hbond substituents is 2. The van der Waals surface area contributed by atoms with Crippen molar-refractivity contribution in [3.05, 3.63) is 129 Å². The third kappa shape index (κ3) is 12.8. The number of aromatic hydroxyl groups is 2. The molecule has 68 heavy (non-hydrogen) atoms. The number of aryl methyl sites for hydroxylation is 4. The number of phenols is 2. The van der Waals surface area contributed by atoms with E-state index in [0.717, 1.165) is 178 Å². The van der Waals surface area contributed by atoms with Crippen molar-refractivity contribution in [3.63, 3.8) is 0 Å². The van der Waals surface area contributed by atoms with Crippen molar-refractivity contribution in [2.75, 3.05) is 0 Å². The molecule has 4 heteroatoms. The molecule has 0 aromatic heterocycles. The number of hydrogen-bond acceptors (Lipinski definition) is 4. The first-order valence-electron chi connectivity index (χ1n) is 27.2. The van der Waals surface area contributed by atoms with E-state index >= 15 is 0 Å². The van der Waals surface area contributed by atoms with Crippen LogP contribution in [0.5, 0.6) is 23.0 Å². The van der Waals surface area contributed by atoms with Gasteiger partial charge in [0.25, 0.3) is 5.79 Å². The summed E-state index contributed by atoms with van der Waals surface area (Å²) >= 11 is 0. The van der Waals surface area contributed by atoms with Crippen molar-refractivity contribution >= 4 is 11.1 Å². The van der Waals surface area contributed by atoms with Crippen LogP contribution in [0.1, 0.15) is 203 Å².